The second kappa shape index (κ2) is 8.22. The summed E-state index contributed by atoms with van der Waals surface area (Å²) >= 11 is 0. The number of ether oxygens (including phenoxy) is 2. The minimum Gasteiger partial charge on any atom is -0.507 e. The highest BCUT2D eigenvalue weighted by Gasteiger charge is 2.31. The zero-order chi connectivity index (χ0) is 23.0. The maximum absolute atomic E-state index is 13.2. The Hall–Kier alpha value is -3.68. The van der Waals surface area contributed by atoms with Gasteiger partial charge in [-0.15, -0.1) is 0 Å². The Morgan fingerprint density at radius 2 is 1.23 bits per heavy atom. The van der Waals surface area contributed by atoms with Gasteiger partial charge in [0, 0.05) is 25.5 Å². The summed E-state index contributed by atoms with van der Waals surface area (Å²) in [4.78, 5) is 26.4. The highest BCUT2D eigenvalue weighted by molar-refractivity contribution is 5.55. The van der Waals surface area contributed by atoms with Gasteiger partial charge in [-0.25, -0.2) is 0 Å². The molecule has 0 fully saturated rings. The Morgan fingerprint density at radius 3 is 1.65 bits per heavy atom. The highest BCUT2D eigenvalue weighted by Crippen LogP contribution is 2.40. The molecule has 2 aromatic heterocycles. The number of hydrogen-bond donors (Lipinski definition) is 2. The lowest BCUT2D eigenvalue weighted by atomic mass is 9.84. The molecule has 0 aliphatic rings. The number of benzene rings is 1. The maximum atomic E-state index is 13.2. The average molecular weight is 426 g/mol. The van der Waals surface area contributed by atoms with Crippen molar-refractivity contribution in [2.75, 3.05) is 14.2 Å². The first kappa shape index (κ1) is 22.0. The molecule has 2 N–H and O–H groups in total. The molecule has 8 heteroatoms. The summed E-state index contributed by atoms with van der Waals surface area (Å²) in [5.74, 6) is -0.716. The van der Waals surface area contributed by atoms with Gasteiger partial charge in [0.2, 0.25) is 0 Å². The number of aryl methyl sites for hydroxylation is 2. The molecule has 0 aliphatic heterocycles. The molecule has 31 heavy (non-hydrogen) atoms. The van der Waals surface area contributed by atoms with Crippen molar-refractivity contribution in [3.8, 4) is 23.0 Å². The predicted molar refractivity (Wildman–Crippen MR) is 117 cm³/mol. The molecule has 0 spiro atoms. The van der Waals surface area contributed by atoms with Gasteiger partial charge in [-0.2, -0.15) is 0 Å². The predicted octanol–water partition coefficient (Wildman–Crippen LogP) is 2.31. The van der Waals surface area contributed by atoms with Crippen molar-refractivity contribution in [1.82, 2.24) is 9.13 Å². The third-order valence-corrected chi connectivity index (χ3v) is 5.69. The number of aromatic nitrogens is 2. The first-order valence-corrected chi connectivity index (χ1v) is 9.63. The van der Waals surface area contributed by atoms with Crippen LogP contribution in [0.5, 0.6) is 23.0 Å². The van der Waals surface area contributed by atoms with Crippen LogP contribution in [0.15, 0.2) is 39.9 Å². The van der Waals surface area contributed by atoms with Gasteiger partial charge in [0.15, 0.2) is 11.5 Å². The lowest BCUT2D eigenvalue weighted by Crippen LogP contribution is -2.30. The van der Waals surface area contributed by atoms with Gasteiger partial charge in [-0.1, -0.05) is 6.07 Å². The Morgan fingerprint density at radius 1 is 0.774 bits per heavy atom. The van der Waals surface area contributed by atoms with Crippen molar-refractivity contribution in [2.24, 2.45) is 14.1 Å². The first-order valence-electron chi connectivity index (χ1n) is 9.63. The second-order valence-electron chi connectivity index (χ2n) is 7.45. The Kier molecular flexibility index (Phi) is 5.83. The lowest BCUT2D eigenvalue weighted by Gasteiger charge is -2.23. The van der Waals surface area contributed by atoms with Gasteiger partial charge in [0.1, 0.15) is 11.5 Å². The summed E-state index contributed by atoms with van der Waals surface area (Å²) in [6.45, 7) is 3.39. The van der Waals surface area contributed by atoms with E-state index >= 15 is 0 Å². The van der Waals surface area contributed by atoms with E-state index in [1.165, 1.54) is 35.5 Å². The number of pyridine rings is 2. The van der Waals surface area contributed by atoms with E-state index in [4.69, 9.17) is 9.47 Å². The summed E-state index contributed by atoms with van der Waals surface area (Å²) in [7, 11) is 6.14. The van der Waals surface area contributed by atoms with Gasteiger partial charge in [-0.05, 0) is 43.7 Å². The Bertz CT molecular complexity index is 1200. The summed E-state index contributed by atoms with van der Waals surface area (Å²) in [6.07, 6.45) is 0. The topological polar surface area (TPSA) is 103 Å². The van der Waals surface area contributed by atoms with Crippen LogP contribution in [0.2, 0.25) is 0 Å². The third-order valence-electron chi connectivity index (χ3n) is 5.69. The van der Waals surface area contributed by atoms with E-state index in [0.29, 0.717) is 28.5 Å². The van der Waals surface area contributed by atoms with Gasteiger partial charge in [0.05, 0.1) is 31.3 Å². The Labute approximate surface area is 179 Å². The van der Waals surface area contributed by atoms with Crippen molar-refractivity contribution < 1.29 is 19.7 Å². The summed E-state index contributed by atoms with van der Waals surface area (Å²) < 4.78 is 13.5. The molecule has 1 aromatic carbocycles. The molecule has 2 heterocycles. The SMILES string of the molecule is COc1ccc(C(c2c(O)cc(C)n(C)c2=O)c2c(O)cc(C)n(C)c2=O)cc1OC. The summed E-state index contributed by atoms with van der Waals surface area (Å²) in [5, 5.41) is 21.5. The van der Waals surface area contributed by atoms with Gasteiger partial charge < -0.3 is 28.8 Å². The average Bonchev–Trinajstić information content (AvgIpc) is 2.74. The van der Waals surface area contributed by atoms with E-state index in [1.54, 1.807) is 46.1 Å². The van der Waals surface area contributed by atoms with Crippen molar-refractivity contribution in [1.29, 1.82) is 0 Å². The Balaban J connectivity index is 2.47. The zero-order valence-electron chi connectivity index (χ0n) is 18.4. The van der Waals surface area contributed by atoms with Crippen LogP contribution in [-0.2, 0) is 14.1 Å². The minimum atomic E-state index is -1.04. The van der Waals surface area contributed by atoms with Crippen molar-refractivity contribution >= 4 is 0 Å². The number of nitrogens with zero attached hydrogens (tertiary/aromatic N) is 2. The van der Waals surface area contributed by atoms with Crippen LogP contribution in [0, 0.1) is 13.8 Å². The molecular weight excluding hydrogens is 400 g/mol. The fourth-order valence-corrected chi connectivity index (χ4v) is 3.70. The second-order valence-corrected chi connectivity index (χ2v) is 7.45. The molecular formula is C23H26N2O6. The molecule has 0 amide bonds. The van der Waals surface area contributed by atoms with Crippen LogP contribution in [0.25, 0.3) is 0 Å². The van der Waals surface area contributed by atoms with Gasteiger partial charge in [0.25, 0.3) is 11.1 Å². The van der Waals surface area contributed by atoms with E-state index in [9.17, 15) is 19.8 Å². The molecule has 0 bridgehead atoms. The largest absolute Gasteiger partial charge is 0.507 e. The van der Waals surface area contributed by atoms with E-state index in [1.807, 2.05) is 0 Å². The van der Waals surface area contributed by atoms with Crippen molar-refractivity contribution in [3.05, 3.63) is 79.1 Å². The number of hydrogen-bond acceptors (Lipinski definition) is 6. The monoisotopic (exact) mass is 426 g/mol. The van der Waals surface area contributed by atoms with Crippen molar-refractivity contribution in [3.63, 3.8) is 0 Å². The molecule has 0 radical (unpaired) electrons. The van der Waals surface area contributed by atoms with Crippen LogP contribution in [0.1, 0.15) is 34.0 Å². The normalized spacial score (nSPS) is 11.1. The zero-order valence-corrected chi connectivity index (χ0v) is 18.4. The fraction of sp³-hybridized carbons (Fsp3) is 0.304. The molecule has 164 valence electrons. The minimum absolute atomic E-state index is 0.0171. The van der Waals surface area contributed by atoms with Crippen LogP contribution >= 0.6 is 0 Å². The third kappa shape index (κ3) is 3.65. The molecule has 3 rings (SSSR count). The van der Waals surface area contributed by atoms with Crippen LogP contribution in [0.3, 0.4) is 0 Å². The number of aromatic hydroxyl groups is 2. The van der Waals surface area contributed by atoms with Crippen molar-refractivity contribution in [2.45, 2.75) is 19.8 Å². The van der Waals surface area contributed by atoms with E-state index < -0.39 is 17.0 Å². The smallest absolute Gasteiger partial charge is 0.258 e. The molecule has 0 atom stereocenters. The molecule has 0 saturated carbocycles. The summed E-state index contributed by atoms with van der Waals surface area (Å²) in [6, 6.07) is 7.86. The quantitative estimate of drug-likeness (QED) is 0.649. The van der Waals surface area contributed by atoms with E-state index in [2.05, 4.69) is 0 Å². The first-order chi connectivity index (χ1) is 14.6. The standard InChI is InChI=1S/C23H26N2O6/c1-12-9-15(26)20(22(28)24(12)3)19(14-7-8-17(30-5)18(11-14)31-6)21-16(27)10-13(2)25(4)23(21)29/h7-11,19,26-27H,1-6H3. The maximum Gasteiger partial charge on any atom is 0.258 e. The summed E-state index contributed by atoms with van der Waals surface area (Å²) in [5.41, 5.74) is 0.605. The van der Waals surface area contributed by atoms with Crippen LogP contribution in [0.4, 0.5) is 0 Å². The molecule has 0 unspecified atom stereocenters. The van der Waals surface area contributed by atoms with Crippen LogP contribution < -0.4 is 20.6 Å². The van der Waals surface area contributed by atoms with Gasteiger partial charge >= 0.3 is 0 Å². The lowest BCUT2D eigenvalue weighted by molar-refractivity contribution is 0.354. The van der Waals surface area contributed by atoms with E-state index in [0.717, 1.165) is 0 Å². The molecule has 0 saturated heterocycles. The molecule has 3 aromatic rings. The highest BCUT2D eigenvalue weighted by atomic mass is 16.5. The molecule has 0 aliphatic carbocycles. The number of methoxy groups -OCH3 is 2. The molecule has 8 nitrogen and oxygen atoms in total. The fourth-order valence-electron chi connectivity index (χ4n) is 3.70. The van der Waals surface area contributed by atoms with Gasteiger partial charge in [-0.3, -0.25) is 9.59 Å². The van der Waals surface area contributed by atoms with Crippen LogP contribution in [-0.4, -0.2) is 33.6 Å². The van der Waals surface area contributed by atoms with E-state index in [-0.39, 0.29) is 22.6 Å². The number of rotatable bonds is 5.